The molecule has 0 spiro atoms. The SMILES string of the molecule is O=C(N[C@@H](Cc1cccc(Cl)c1)C(=O)NCc1cnc2[nH]ccc2c1)C(O)Cc1ccccc1. The highest BCUT2D eigenvalue weighted by Crippen LogP contribution is 2.14. The summed E-state index contributed by atoms with van der Waals surface area (Å²) >= 11 is 6.10. The van der Waals surface area contributed by atoms with E-state index in [2.05, 4.69) is 20.6 Å². The molecule has 0 aliphatic heterocycles. The van der Waals surface area contributed by atoms with Gasteiger partial charge >= 0.3 is 0 Å². The number of nitrogens with zero attached hydrogens (tertiary/aromatic N) is 1. The number of carbonyl (C=O) groups excluding carboxylic acids is 2. The highest BCUT2D eigenvalue weighted by atomic mass is 35.5. The summed E-state index contributed by atoms with van der Waals surface area (Å²) in [6.07, 6.45) is 2.59. The summed E-state index contributed by atoms with van der Waals surface area (Å²) in [5.74, 6) is -0.976. The Balaban J connectivity index is 1.44. The van der Waals surface area contributed by atoms with Crippen LogP contribution in [0.3, 0.4) is 0 Å². The number of aliphatic hydroxyl groups excluding tert-OH is 1. The lowest BCUT2D eigenvalue weighted by atomic mass is 10.0. The van der Waals surface area contributed by atoms with Crippen molar-refractivity contribution in [2.24, 2.45) is 0 Å². The second kappa shape index (κ2) is 11.0. The van der Waals surface area contributed by atoms with Crippen LogP contribution in [0.2, 0.25) is 5.02 Å². The maximum atomic E-state index is 13.1. The molecule has 2 atom stereocenters. The van der Waals surface area contributed by atoms with Crippen molar-refractivity contribution in [1.29, 1.82) is 0 Å². The molecule has 34 heavy (non-hydrogen) atoms. The number of halogens is 1. The molecule has 2 aromatic heterocycles. The monoisotopic (exact) mass is 476 g/mol. The van der Waals surface area contributed by atoms with Crippen LogP contribution in [-0.2, 0) is 29.0 Å². The Morgan fingerprint density at radius 2 is 1.74 bits per heavy atom. The van der Waals surface area contributed by atoms with Gasteiger partial charge in [0.15, 0.2) is 0 Å². The van der Waals surface area contributed by atoms with Crippen LogP contribution in [-0.4, -0.2) is 39.0 Å². The number of pyridine rings is 1. The maximum absolute atomic E-state index is 13.1. The zero-order valence-corrected chi connectivity index (χ0v) is 19.1. The number of H-pyrrole nitrogens is 1. The van der Waals surface area contributed by atoms with E-state index in [1.807, 2.05) is 48.5 Å². The number of hydrogen-bond donors (Lipinski definition) is 4. The number of carbonyl (C=O) groups is 2. The first-order valence-electron chi connectivity index (χ1n) is 10.9. The summed E-state index contributed by atoms with van der Waals surface area (Å²) in [5.41, 5.74) is 3.22. The summed E-state index contributed by atoms with van der Waals surface area (Å²) in [7, 11) is 0. The number of nitrogens with one attached hydrogen (secondary N) is 3. The standard InChI is InChI=1S/C26H25ClN4O3/c27-21-8-4-7-18(12-21)13-22(31-26(34)23(32)14-17-5-2-1-3-6-17)25(33)30-16-19-11-20-9-10-28-24(20)29-15-19/h1-12,15,22-23,32H,13-14,16H2,(H,28,29)(H,30,33)(H,31,34)/t22-,23?/m0/s1. The highest BCUT2D eigenvalue weighted by Gasteiger charge is 2.25. The second-order valence-corrected chi connectivity index (χ2v) is 8.51. The molecule has 0 bridgehead atoms. The lowest BCUT2D eigenvalue weighted by Crippen LogP contribution is -2.51. The van der Waals surface area contributed by atoms with Crippen molar-refractivity contribution >= 4 is 34.4 Å². The third-order valence-electron chi connectivity index (χ3n) is 5.46. The predicted molar refractivity (Wildman–Crippen MR) is 131 cm³/mol. The van der Waals surface area contributed by atoms with Gasteiger partial charge in [0.25, 0.3) is 0 Å². The van der Waals surface area contributed by atoms with Gasteiger partial charge in [-0.25, -0.2) is 4.98 Å². The maximum Gasteiger partial charge on any atom is 0.249 e. The summed E-state index contributed by atoms with van der Waals surface area (Å²) in [4.78, 5) is 33.2. The first-order valence-corrected chi connectivity index (χ1v) is 11.3. The van der Waals surface area contributed by atoms with Crippen LogP contribution >= 0.6 is 11.6 Å². The lowest BCUT2D eigenvalue weighted by molar-refractivity contribution is -0.134. The number of hydrogen-bond acceptors (Lipinski definition) is 4. The van der Waals surface area contributed by atoms with E-state index >= 15 is 0 Å². The fraction of sp³-hybridized carbons (Fsp3) is 0.192. The van der Waals surface area contributed by atoms with Crippen LogP contribution in [0, 0.1) is 0 Å². The minimum absolute atomic E-state index is 0.153. The van der Waals surface area contributed by atoms with E-state index in [1.54, 1.807) is 30.6 Å². The van der Waals surface area contributed by atoms with Crippen LogP contribution in [0.5, 0.6) is 0 Å². The molecule has 0 saturated heterocycles. The van der Waals surface area contributed by atoms with E-state index < -0.39 is 18.1 Å². The van der Waals surface area contributed by atoms with E-state index in [0.717, 1.165) is 27.7 Å². The molecule has 2 heterocycles. The largest absolute Gasteiger partial charge is 0.383 e. The van der Waals surface area contributed by atoms with Crippen molar-refractivity contribution < 1.29 is 14.7 Å². The van der Waals surface area contributed by atoms with E-state index in [0.29, 0.717) is 5.02 Å². The molecule has 4 rings (SSSR count). The van der Waals surface area contributed by atoms with Gasteiger partial charge in [0.05, 0.1) is 0 Å². The first-order chi connectivity index (χ1) is 16.5. The van der Waals surface area contributed by atoms with E-state index in [-0.39, 0.29) is 25.3 Å². The van der Waals surface area contributed by atoms with E-state index in [4.69, 9.17) is 11.6 Å². The molecular weight excluding hydrogens is 452 g/mol. The zero-order valence-electron chi connectivity index (χ0n) is 18.4. The van der Waals surface area contributed by atoms with Crippen LogP contribution in [0.15, 0.2) is 79.1 Å². The predicted octanol–water partition coefficient (Wildman–Crippen LogP) is 3.16. The highest BCUT2D eigenvalue weighted by molar-refractivity contribution is 6.30. The molecule has 0 aliphatic carbocycles. The summed E-state index contributed by atoms with van der Waals surface area (Å²) in [5, 5.41) is 17.5. The second-order valence-electron chi connectivity index (χ2n) is 8.08. The van der Waals surface area contributed by atoms with Crippen molar-refractivity contribution in [3.63, 3.8) is 0 Å². The fourth-order valence-electron chi connectivity index (χ4n) is 3.70. The van der Waals surface area contributed by atoms with Crippen LogP contribution in [0.1, 0.15) is 16.7 Å². The minimum atomic E-state index is -1.28. The van der Waals surface area contributed by atoms with Gasteiger partial charge in [-0.15, -0.1) is 0 Å². The molecule has 0 radical (unpaired) electrons. The van der Waals surface area contributed by atoms with Crippen LogP contribution < -0.4 is 10.6 Å². The van der Waals surface area contributed by atoms with Gasteiger partial charge in [0, 0.05) is 42.2 Å². The van der Waals surface area contributed by atoms with Gasteiger partial charge in [0.1, 0.15) is 17.8 Å². The topological polar surface area (TPSA) is 107 Å². The van der Waals surface area contributed by atoms with Crippen molar-refractivity contribution in [2.75, 3.05) is 0 Å². The Labute approximate surface area is 202 Å². The Hall–Kier alpha value is -3.68. The van der Waals surface area contributed by atoms with Crippen LogP contribution in [0.4, 0.5) is 0 Å². The van der Waals surface area contributed by atoms with Gasteiger partial charge in [0.2, 0.25) is 11.8 Å². The van der Waals surface area contributed by atoms with Gasteiger partial charge in [-0.05, 0) is 41.0 Å². The molecule has 174 valence electrons. The average molecular weight is 477 g/mol. The first kappa shape index (κ1) is 23.5. The van der Waals surface area contributed by atoms with Gasteiger partial charge < -0.3 is 20.7 Å². The number of aromatic amines is 1. The normalized spacial score (nSPS) is 12.8. The molecule has 2 amide bonds. The molecule has 4 aromatic rings. The number of rotatable bonds is 9. The Morgan fingerprint density at radius 1 is 0.941 bits per heavy atom. The van der Waals surface area contributed by atoms with Crippen molar-refractivity contribution in [3.05, 3.63) is 101 Å². The van der Waals surface area contributed by atoms with Crippen molar-refractivity contribution in [3.8, 4) is 0 Å². The molecule has 0 saturated carbocycles. The molecule has 0 fully saturated rings. The van der Waals surface area contributed by atoms with Gasteiger partial charge in [-0.2, -0.15) is 0 Å². The average Bonchev–Trinajstić information content (AvgIpc) is 3.30. The smallest absolute Gasteiger partial charge is 0.249 e. The molecule has 1 unspecified atom stereocenters. The Morgan fingerprint density at radius 3 is 2.53 bits per heavy atom. The van der Waals surface area contributed by atoms with E-state index in [9.17, 15) is 14.7 Å². The van der Waals surface area contributed by atoms with Crippen molar-refractivity contribution in [1.82, 2.24) is 20.6 Å². The van der Waals surface area contributed by atoms with Gasteiger partial charge in [-0.3, -0.25) is 9.59 Å². The van der Waals surface area contributed by atoms with Crippen molar-refractivity contribution in [2.45, 2.75) is 31.5 Å². The third kappa shape index (κ3) is 6.21. The Bertz CT molecular complexity index is 1280. The number of aliphatic hydroxyl groups is 1. The van der Waals surface area contributed by atoms with E-state index in [1.165, 1.54) is 0 Å². The number of benzene rings is 2. The number of amides is 2. The number of aromatic nitrogens is 2. The van der Waals surface area contributed by atoms with Crippen LogP contribution in [0.25, 0.3) is 11.0 Å². The summed E-state index contributed by atoms with van der Waals surface area (Å²) < 4.78 is 0. The van der Waals surface area contributed by atoms with Gasteiger partial charge in [-0.1, -0.05) is 54.1 Å². The molecule has 4 N–H and O–H groups in total. The fourth-order valence-corrected chi connectivity index (χ4v) is 3.91. The number of fused-ring (bicyclic) bond motifs is 1. The molecular formula is C26H25ClN4O3. The Kier molecular flexibility index (Phi) is 7.57. The minimum Gasteiger partial charge on any atom is -0.383 e. The third-order valence-corrected chi connectivity index (χ3v) is 5.69. The molecule has 0 aliphatic rings. The molecule has 7 nitrogen and oxygen atoms in total. The summed E-state index contributed by atoms with van der Waals surface area (Å²) in [6, 6.07) is 19.3. The zero-order chi connectivity index (χ0) is 23.9. The molecule has 2 aromatic carbocycles. The molecule has 8 heteroatoms. The quantitative estimate of drug-likeness (QED) is 0.297. The lowest BCUT2D eigenvalue weighted by Gasteiger charge is -2.21. The summed E-state index contributed by atoms with van der Waals surface area (Å²) in [6.45, 7) is 0.251.